The first-order chi connectivity index (χ1) is 16.2. The maximum atomic E-state index is 13.9. The predicted molar refractivity (Wildman–Crippen MR) is 132 cm³/mol. The summed E-state index contributed by atoms with van der Waals surface area (Å²) in [5, 5.41) is 12.3. The van der Waals surface area contributed by atoms with Crippen molar-refractivity contribution in [3.8, 4) is 0 Å². The number of likely N-dealkylation sites (tertiary alicyclic amines) is 1. The number of hydrogen-bond acceptors (Lipinski definition) is 6. The van der Waals surface area contributed by atoms with Crippen LogP contribution < -0.4 is 5.32 Å². The van der Waals surface area contributed by atoms with E-state index in [1.807, 2.05) is 20.8 Å². The molecule has 3 rings (SSSR count). The van der Waals surface area contributed by atoms with Gasteiger partial charge in [-0.1, -0.05) is 33.6 Å². The van der Waals surface area contributed by atoms with Gasteiger partial charge in [0.05, 0.1) is 18.1 Å². The molecule has 3 heterocycles. The molecule has 0 radical (unpaired) electrons. The molecule has 8 heteroatoms. The van der Waals surface area contributed by atoms with Gasteiger partial charge in [0.2, 0.25) is 11.8 Å². The smallest absolute Gasteiger partial charge is 0.312 e. The number of aliphatic hydroxyl groups excluding tert-OH is 1. The molecule has 0 aromatic heterocycles. The van der Waals surface area contributed by atoms with Crippen LogP contribution in [0.5, 0.6) is 0 Å². The SMILES string of the molecule is CCOC(=O)[C@H]1[C@H]2C(=O)N(CCCCCCO)C(C(=O)NC(C)(C)CC(C)(C)C)C23CC[C@]1(C)O3. The Morgan fingerprint density at radius 2 is 1.80 bits per heavy atom. The van der Waals surface area contributed by atoms with E-state index in [4.69, 9.17) is 14.6 Å². The Morgan fingerprint density at radius 3 is 2.40 bits per heavy atom. The summed E-state index contributed by atoms with van der Waals surface area (Å²) in [6.45, 7) is 14.9. The number of carbonyl (C=O) groups excluding carboxylic acids is 3. The van der Waals surface area contributed by atoms with Gasteiger partial charge in [-0.05, 0) is 65.2 Å². The number of nitrogens with zero attached hydrogens (tertiary/aromatic N) is 1. The van der Waals surface area contributed by atoms with E-state index >= 15 is 0 Å². The minimum absolute atomic E-state index is 0.0142. The van der Waals surface area contributed by atoms with Gasteiger partial charge in [0, 0.05) is 18.7 Å². The van der Waals surface area contributed by atoms with E-state index in [0.29, 0.717) is 19.4 Å². The Balaban J connectivity index is 1.92. The van der Waals surface area contributed by atoms with Crippen LogP contribution in [0.1, 0.15) is 93.4 Å². The second-order valence-corrected chi connectivity index (χ2v) is 12.8. The van der Waals surface area contributed by atoms with Gasteiger partial charge in [0.25, 0.3) is 0 Å². The molecule has 2 bridgehead atoms. The van der Waals surface area contributed by atoms with E-state index in [2.05, 4.69) is 26.1 Å². The van der Waals surface area contributed by atoms with Gasteiger partial charge in [-0.3, -0.25) is 14.4 Å². The van der Waals surface area contributed by atoms with E-state index in [-0.39, 0.29) is 30.4 Å². The fraction of sp³-hybridized carbons (Fsp3) is 0.889. The normalized spacial score (nSPS) is 32.2. The standard InChI is InChI=1S/C27H46N2O6/c1-8-34-23(33)19-18-22(32)29(15-11-9-10-12-16-30)20(27(18)14-13-26(19,7)35-27)21(31)28-25(5,6)17-24(2,3)4/h18-20,30H,8-17H2,1-7H3,(H,28,31)/t18-,19+,20?,26-,27?/m0/s1. The zero-order chi connectivity index (χ0) is 26.2. The summed E-state index contributed by atoms with van der Waals surface area (Å²) in [5.41, 5.74) is -2.28. The average Bonchev–Trinajstić information content (AvgIpc) is 3.27. The summed E-state index contributed by atoms with van der Waals surface area (Å²) in [6.07, 6.45) is 5.11. The minimum atomic E-state index is -1.02. The van der Waals surface area contributed by atoms with E-state index in [1.165, 1.54) is 0 Å². The second-order valence-electron chi connectivity index (χ2n) is 12.8. The summed E-state index contributed by atoms with van der Waals surface area (Å²) in [4.78, 5) is 42.5. The van der Waals surface area contributed by atoms with Gasteiger partial charge in [-0.2, -0.15) is 0 Å². The number of amides is 2. The lowest BCUT2D eigenvalue weighted by Crippen LogP contribution is -2.59. The highest BCUT2D eigenvalue weighted by molar-refractivity contribution is 5.98. The molecular weight excluding hydrogens is 448 g/mol. The molecule has 2 amide bonds. The summed E-state index contributed by atoms with van der Waals surface area (Å²) in [5.74, 6) is -2.21. The molecule has 0 aromatic carbocycles. The Labute approximate surface area is 210 Å². The fourth-order valence-corrected chi connectivity index (χ4v) is 7.08. The van der Waals surface area contributed by atoms with Crippen molar-refractivity contribution in [2.45, 2.75) is 116 Å². The predicted octanol–water partition coefficient (Wildman–Crippen LogP) is 3.20. The third-order valence-electron chi connectivity index (χ3n) is 7.81. The molecule has 0 aliphatic carbocycles. The number of unbranched alkanes of at least 4 members (excludes halogenated alkanes) is 3. The van der Waals surface area contributed by atoms with Crippen LogP contribution in [-0.2, 0) is 23.9 Å². The highest BCUT2D eigenvalue weighted by Crippen LogP contribution is 2.63. The molecule has 3 aliphatic rings. The van der Waals surface area contributed by atoms with Crippen LogP contribution >= 0.6 is 0 Å². The number of rotatable bonds is 11. The number of fused-ring (bicyclic) bond motifs is 1. The number of hydrogen-bond donors (Lipinski definition) is 2. The molecular formula is C27H46N2O6. The zero-order valence-corrected chi connectivity index (χ0v) is 22.7. The van der Waals surface area contributed by atoms with Crippen molar-refractivity contribution in [1.82, 2.24) is 10.2 Å². The maximum absolute atomic E-state index is 13.9. The van der Waals surface area contributed by atoms with Crippen molar-refractivity contribution < 1.29 is 29.0 Å². The van der Waals surface area contributed by atoms with Gasteiger partial charge in [-0.25, -0.2) is 0 Å². The number of carbonyl (C=O) groups is 3. The van der Waals surface area contributed by atoms with Crippen molar-refractivity contribution >= 4 is 17.8 Å². The van der Waals surface area contributed by atoms with Crippen molar-refractivity contribution in [3.63, 3.8) is 0 Å². The molecule has 5 atom stereocenters. The Kier molecular flexibility index (Phi) is 7.98. The third kappa shape index (κ3) is 5.38. The number of nitrogens with one attached hydrogen (secondary N) is 1. The van der Waals surface area contributed by atoms with Gasteiger partial charge < -0.3 is 24.8 Å². The van der Waals surface area contributed by atoms with Crippen LogP contribution in [0.3, 0.4) is 0 Å². The molecule has 35 heavy (non-hydrogen) atoms. The molecule has 2 N–H and O–H groups in total. The molecule has 200 valence electrons. The van der Waals surface area contributed by atoms with E-state index < -0.39 is 40.6 Å². The molecule has 8 nitrogen and oxygen atoms in total. The first kappa shape index (κ1) is 27.9. The maximum Gasteiger partial charge on any atom is 0.312 e. The molecule has 2 unspecified atom stereocenters. The summed E-state index contributed by atoms with van der Waals surface area (Å²) in [6, 6.07) is -0.779. The van der Waals surface area contributed by atoms with Crippen LogP contribution in [0.4, 0.5) is 0 Å². The fourth-order valence-electron chi connectivity index (χ4n) is 7.08. The van der Waals surface area contributed by atoms with Crippen molar-refractivity contribution in [2.75, 3.05) is 19.8 Å². The lowest BCUT2D eigenvalue weighted by molar-refractivity contribution is -0.159. The summed E-state index contributed by atoms with van der Waals surface area (Å²) in [7, 11) is 0. The minimum Gasteiger partial charge on any atom is -0.466 e. The van der Waals surface area contributed by atoms with Crippen LogP contribution in [0.15, 0.2) is 0 Å². The monoisotopic (exact) mass is 494 g/mol. The van der Waals surface area contributed by atoms with Crippen LogP contribution in [0.2, 0.25) is 0 Å². The van der Waals surface area contributed by atoms with Gasteiger partial charge in [0.1, 0.15) is 17.6 Å². The molecule has 1 spiro atoms. The van der Waals surface area contributed by atoms with Gasteiger partial charge in [-0.15, -0.1) is 0 Å². The Morgan fingerprint density at radius 1 is 1.14 bits per heavy atom. The summed E-state index contributed by atoms with van der Waals surface area (Å²) < 4.78 is 12.0. The highest BCUT2D eigenvalue weighted by Gasteiger charge is 2.78. The number of aliphatic hydroxyl groups is 1. The van der Waals surface area contributed by atoms with Crippen LogP contribution in [-0.4, -0.2) is 70.3 Å². The molecule has 3 saturated heterocycles. The molecule has 0 saturated carbocycles. The average molecular weight is 495 g/mol. The number of esters is 1. The Bertz CT molecular complexity index is 821. The van der Waals surface area contributed by atoms with Crippen LogP contribution in [0.25, 0.3) is 0 Å². The van der Waals surface area contributed by atoms with Gasteiger partial charge in [0.15, 0.2) is 0 Å². The third-order valence-corrected chi connectivity index (χ3v) is 7.81. The molecule has 3 fully saturated rings. The quantitative estimate of drug-likeness (QED) is 0.338. The number of ether oxygens (including phenoxy) is 2. The van der Waals surface area contributed by atoms with E-state index in [0.717, 1.165) is 32.1 Å². The lowest BCUT2D eigenvalue weighted by atomic mass is 9.66. The zero-order valence-electron chi connectivity index (χ0n) is 22.7. The summed E-state index contributed by atoms with van der Waals surface area (Å²) >= 11 is 0. The molecule has 3 aliphatic heterocycles. The molecule has 0 aromatic rings. The van der Waals surface area contributed by atoms with Crippen molar-refractivity contribution in [2.24, 2.45) is 17.3 Å². The first-order valence-electron chi connectivity index (χ1n) is 13.3. The van der Waals surface area contributed by atoms with E-state index in [9.17, 15) is 14.4 Å². The largest absolute Gasteiger partial charge is 0.466 e. The topological polar surface area (TPSA) is 105 Å². The van der Waals surface area contributed by atoms with Crippen LogP contribution in [0, 0.1) is 17.3 Å². The van der Waals surface area contributed by atoms with Gasteiger partial charge >= 0.3 is 5.97 Å². The first-order valence-corrected chi connectivity index (χ1v) is 13.3. The van der Waals surface area contributed by atoms with Crippen molar-refractivity contribution in [1.29, 1.82) is 0 Å². The second kappa shape index (κ2) is 10.0. The van der Waals surface area contributed by atoms with Crippen molar-refractivity contribution in [3.05, 3.63) is 0 Å². The Hall–Kier alpha value is -1.67. The lowest BCUT2D eigenvalue weighted by Gasteiger charge is -2.38. The van der Waals surface area contributed by atoms with E-state index in [1.54, 1.807) is 11.8 Å². The highest BCUT2D eigenvalue weighted by atomic mass is 16.6.